The van der Waals surface area contributed by atoms with Crippen molar-refractivity contribution in [3.63, 3.8) is 0 Å². The molecule has 0 saturated carbocycles. The maximum absolute atomic E-state index is 13.2. The molecule has 234 valence electrons. The smallest absolute Gasteiger partial charge is 0.224 e. The minimum atomic E-state index is -0.792. The second kappa shape index (κ2) is 17.1. The molecule has 1 aromatic carbocycles. The van der Waals surface area contributed by atoms with E-state index in [0.717, 1.165) is 37.9 Å². The Morgan fingerprint density at radius 3 is 2.49 bits per heavy atom. The summed E-state index contributed by atoms with van der Waals surface area (Å²) in [5.41, 5.74) is 7.26. The van der Waals surface area contributed by atoms with Gasteiger partial charge in [-0.1, -0.05) is 53.2 Å². The molecule has 2 rings (SSSR count). The number of rotatable bonds is 19. The molecule has 0 aromatic heterocycles. The van der Waals surface area contributed by atoms with Gasteiger partial charge in [0.2, 0.25) is 11.8 Å². The van der Waals surface area contributed by atoms with E-state index in [1.165, 1.54) is 11.1 Å². The van der Waals surface area contributed by atoms with Gasteiger partial charge >= 0.3 is 0 Å². The zero-order valence-electron chi connectivity index (χ0n) is 26.9. The summed E-state index contributed by atoms with van der Waals surface area (Å²) in [6, 6.07) is 6.89. The number of aryl methyl sites for hydroxylation is 1. The number of nitrogens with two attached hydrogens (primary N) is 1. The van der Waals surface area contributed by atoms with Gasteiger partial charge in [0.15, 0.2) is 0 Å². The normalized spacial score (nSPS) is 19.0. The van der Waals surface area contributed by atoms with Crippen LogP contribution >= 0.6 is 0 Å². The van der Waals surface area contributed by atoms with Crippen LogP contribution in [0.1, 0.15) is 85.3 Å². The Balaban J connectivity index is 2.09. The van der Waals surface area contributed by atoms with Crippen molar-refractivity contribution < 1.29 is 23.8 Å². The molecular weight excluding hydrogens is 518 g/mol. The standard InChI is InChI=1S/C33H57N3O5/c1-9-11-25-13-12-24(17-29(25)40-15-10-14-39-8)16-26(22(2)3)18-28-30(41-21-36-28)19-27(23(4)5)31(37)35-20-33(6,7)32(34)38/h12-13,17,22-23,26-28,30,36H,9-11,14-16,18-21H2,1-8H3,(H2,34,38)(H,35,37)/t26-,27-,28-,30-/m0/s1. The average molecular weight is 576 g/mol. The number of ether oxygens (including phenoxy) is 3. The SMILES string of the molecule is CCCc1ccc(C[C@@H](C[C@@H]2NCO[C@H]2C[C@H](C(=O)NCC(C)(C)C(N)=O)C(C)C)C(C)C)cc1OCCCOC. The predicted molar refractivity (Wildman–Crippen MR) is 165 cm³/mol. The van der Waals surface area contributed by atoms with Gasteiger partial charge in [-0.25, -0.2) is 0 Å². The third-order valence-corrected chi connectivity index (χ3v) is 8.49. The second-order valence-corrected chi connectivity index (χ2v) is 13.0. The number of primary amides is 1. The summed E-state index contributed by atoms with van der Waals surface area (Å²) in [4.78, 5) is 24.9. The van der Waals surface area contributed by atoms with Crippen LogP contribution in [0.15, 0.2) is 18.2 Å². The Labute approximate surface area is 248 Å². The molecule has 8 nitrogen and oxygen atoms in total. The first-order valence-electron chi connectivity index (χ1n) is 15.6. The first-order chi connectivity index (χ1) is 19.4. The molecule has 41 heavy (non-hydrogen) atoms. The fourth-order valence-electron chi connectivity index (χ4n) is 5.38. The van der Waals surface area contributed by atoms with Gasteiger partial charge in [0, 0.05) is 38.6 Å². The number of hydrogen-bond donors (Lipinski definition) is 3. The second-order valence-electron chi connectivity index (χ2n) is 13.0. The molecule has 1 heterocycles. The highest BCUT2D eigenvalue weighted by atomic mass is 16.5. The van der Waals surface area contributed by atoms with Crippen LogP contribution < -0.4 is 21.1 Å². The fraction of sp³-hybridized carbons (Fsp3) is 0.758. The van der Waals surface area contributed by atoms with Crippen molar-refractivity contribution in [1.29, 1.82) is 0 Å². The van der Waals surface area contributed by atoms with Gasteiger partial charge in [-0.3, -0.25) is 14.9 Å². The molecule has 0 spiro atoms. The predicted octanol–water partition coefficient (Wildman–Crippen LogP) is 4.86. The molecule has 0 radical (unpaired) electrons. The lowest BCUT2D eigenvalue weighted by atomic mass is 9.80. The van der Waals surface area contributed by atoms with E-state index in [-0.39, 0.29) is 36.4 Å². The Hall–Kier alpha value is -2.16. The maximum atomic E-state index is 13.2. The molecule has 1 aliphatic heterocycles. The molecule has 2 amide bonds. The lowest BCUT2D eigenvalue weighted by Gasteiger charge is -2.30. The van der Waals surface area contributed by atoms with E-state index >= 15 is 0 Å². The summed E-state index contributed by atoms with van der Waals surface area (Å²) in [6.07, 6.45) is 5.45. The summed E-state index contributed by atoms with van der Waals surface area (Å²) in [7, 11) is 1.72. The number of amides is 2. The van der Waals surface area contributed by atoms with Gasteiger partial charge in [-0.2, -0.15) is 0 Å². The lowest BCUT2D eigenvalue weighted by molar-refractivity contribution is -0.130. The summed E-state index contributed by atoms with van der Waals surface area (Å²) in [6.45, 7) is 16.5. The molecule has 8 heteroatoms. The summed E-state index contributed by atoms with van der Waals surface area (Å²) >= 11 is 0. The van der Waals surface area contributed by atoms with Crippen molar-refractivity contribution in [2.24, 2.45) is 34.8 Å². The fourth-order valence-corrected chi connectivity index (χ4v) is 5.38. The highest BCUT2D eigenvalue weighted by Crippen LogP contribution is 2.31. The number of carbonyl (C=O) groups is 2. The van der Waals surface area contributed by atoms with E-state index < -0.39 is 11.3 Å². The Kier molecular flexibility index (Phi) is 14.6. The van der Waals surface area contributed by atoms with Crippen LogP contribution in [0.2, 0.25) is 0 Å². The topological polar surface area (TPSA) is 112 Å². The molecule has 1 aromatic rings. The van der Waals surface area contributed by atoms with E-state index in [9.17, 15) is 9.59 Å². The number of hydrogen-bond acceptors (Lipinski definition) is 6. The van der Waals surface area contributed by atoms with Crippen molar-refractivity contribution in [2.75, 3.05) is 33.6 Å². The summed E-state index contributed by atoms with van der Waals surface area (Å²) in [5, 5.41) is 6.53. The zero-order valence-corrected chi connectivity index (χ0v) is 26.9. The largest absolute Gasteiger partial charge is 0.493 e. The van der Waals surface area contributed by atoms with Crippen molar-refractivity contribution in [1.82, 2.24) is 10.6 Å². The van der Waals surface area contributed by atoms with Crippen LogP contribution in [0, 0.1) is 29.1 Å². The minimum Gasteiger partial charge on any atom is -0.493 e. The third kappa shape index (κ3) is 11.2. The number of benzene rings is 1. The summed E-state index contributed by atoms with van der Waals surface area (Å²) in [5.74, 6) is 1.38. The van der Waals surface area contributed by atoms with E-state index in [2.05, 4.69) is 63.5 Å². The van der Waals surface area contributed by atoms with Gasteiger partial charge in [0.05, 0.1) is 24.9 Å². The first kappa shape index (κ1) is 35.0. The maximum Gasteiger partial charge on any atom is 0.224 e. The molecule has 1 fully saturated rings. The Morgan fingerprint density at radius 1 is 1.15 bits per heavy atom. The zero-order chi connectivity index (χ0) is 30.6. The van der Waals surface area contributed by atoms with Crippen LogP contribution in [-0.4, -0.2) is 57.6 Å². The molecule has 4 atom stereocenters. The number of carbonyl (C=O) groups excluding carboxylic acids is 2. The lowest BCUT2D eigenvalue weighted by Crippen LogP contribution is -2.46. The van der Waals surface area contributed by atoms with Crippen molar-refractivity contribution >= 4 is 11.8 Å². The number of methoxy groups -OCH3 is 1. The van der Waals surface area contributed by atoms with Crippen LogP contribution in [0.5, 0.6) is 5.75 Å². The molecule has 4 N–H and O–H groups in total. The molecule has 0 bridgehead atoms. The number of nitrogens with one attached hydrogen (secondary N) is 2. The van der Waals surface area contributed by atoms with Crippen molar-refractivity contribution in [2.45, 2.75) is 99.1 Å². The van der Waals surface area contributed by atoms with Gasteiger partial charge in [0.25, 0.3) is 0 Å². The molecule has 1 aliphatic rings. The van der Waals surface area contributed by atoms with Crippen LogP contribution in [0.3, 0.4) is 0 Å². The Morgan fingerprint density at radius 2 is 1.88 bits per heavy atom. The van der Waals surface area contributed by atoms with Gasteiger partial charge in [-0.15, -0.1) is 0 Å². The minimum absolute atomic E-state index is 0.0471. The third-order valence-electron chi connectivity index (χ3n) is 8.49. The van der Waals surface area contributed by atoms with Crippen LogP contribution in [0.25, 0.3) is 0 Å². The molecule has 1 saturated heterocycles. The van der Waals surface area contributed by atoms with E-state index in [1.54, 1.807) is 21.0 Å². The van der Waals surface area contributed by atoms with Crippen molar-refractivity contribution in [3.05, 3.63) is 29.3 Å². The summed E-state index contributed by atoms with van der Waals surface area (Å²) < 4.78 is 17.5. The van der Waals surface area contributed by atoms with Gasteiger partial charge in [0.1, 0.15) is 5.75 Å². The van der Waals surface area contributed by atoms with Crippen LogP contribution in [-0.2, 0) is 31.9 Å². The molecule has 0 aliphatic carbocycles. The van der Waals surface area contributed by atoms with E-state index in [0.29, 0.717) is 38.2 Å². The van der Waals surface area contributed by atoms with E-state index in [1.807, 2.05) is 0 Å². The first-order valence-corrected chi connectivity index (χ1v) is 15.6. The van der Waals surface area contributed by atoms with Crippen LogP contribution in [0.4, 0.5) is 0 Å². The van der Waals surface area contributed by atoms with Crippen molar-refractivity contribution in [3.8, 4) is 5.75 Å². The molecule has 0 unspecified atom stereocenters. The monoisotopic (exact) mass is 575 g/mol. The van der Waals surface area contributed by atoms with Gasteiger partial charge < -0.3 is 25.3 Å². The Bertz CT molecular complexity index is 949. The quantitative estimate of drug-likeness (QED) is 0.203. The van der Waals surface area contributed by atoms with E-state index in [4.69, 9.17) is 19.9 Å². The highest BCUT2D eigenvalue weighted by Gasteiger charge is 2.36. The van der Waals surface area contributed by atoms with Gasteiger partial charge in [-0.05, 0) is 74.5 Å². The highest BCUT2D eigenvalue weighted by molar-refractivity contribution is 5.83. The average Bonchev–Trinajstić information content (AvgIpc) is 3.35. The molecular formula is C33H57N3O5.